The summed E-state index contributed by atoms with van der Waals surface area (Å²) in [6, 6.07) is 5.81. The van der Waals surface area contributed by atoms with E-state index in [0.717, 1.165) is 62.8 Å². The van der Waals surface area contributed by atoms with E-state index in [4.69, 9.17) is 27.1 Å². The molecule has 1 saturated heterocycles. The van der Waals surface area contributed by atoms with E-state index in [1.807, 2.05) is 36.1 Å². The summed E-state index contributed by atoms with van der Waals surface area (Å²) in [5.74, 6) is 0.191. The van der Waals surface area contributed by atoms with Crippen molar-refractivity contribution in [2.75, 3.05) is 57.5 Å². The van der Waals surface area contributed by atoms with E-state index >= 15 is 0 Å². The molecule has 2 aromatic rings. The molecule has 1 amide bonds. The van der Waals surface area contributed by atoms with Crippen molar-refractivity contribution < 1.29 is 9.53 Å². The Hall–Kier alpha value is -2.50. The number of amidine groups is 1. The number of halogens is 1. The smallest absolute Gasteiger partial charge is 0.260 e. The van der Waals surface area contributed by atoms with Crippen molar-refractivity contribution >= 4 is 45.5 Å². The maximum atomic E-state index is 11.5. The number of thiazole rings is 1. The molecule has 3 heterocycles. The van der Waals surface area contributed by atoms with Gasteiger partial charge < -0.3 is 26.0 Å². The number of benzene rings is 1. The molecule has 0 unspecified atom stereocenters. The third-order valence-electron chi connectivity index (χ3n) is 5.70. The van der Waals surface area contributed by atoms with Gasteiger partial charge in [-0.15, -0.1) is 0 Å². The molecule has 4 N–H and O–H groups in total. The number of aliphatic imine (C=N–C) groups is 1. The molecule has 34 heavy (non-hydrogen) atoms. The summed E-state index contributed by atoms with van der Waals surface area (Å²) in [6.07, 6.45) is 4.53. The monoisotopic (exact) mass is 503 g/mol. The second-order valence-electron chi connectivity index (χ2n) is 8.16. The number of amides is 1. The maximum Gasteiger partial charge on any atom is 0.260 e. The van der Waals surface area contributed by atoms with Gasteiger partial charge >= 0.3 is 0 Å². The predicted molar refractivity (Wildman–Crippen MR) is 137 cm³/mol. The maximum absolute atomic E-state index is 11.5. The Morgan fingerprint density at radius 2 is 2.21 bits per heavy atom. The van der Waals surface area contributed by atoms with E-state index in [-0.39, 0.29) is 0 Å². The molecule has 0 saturated carbocycles. The first-order chi connectivity index (χ1) is 16.5. The minimum absolute atomic E-state index is 0.375. The number of primary amides is 1. The average Bonchev–Trinajstić information content (AvgIpc) is 3.29. The van der Waals surface area contributed by atoms with Crippen LogP contribution in [-0.2, 0) is 4.74 Å². The number of para-hydroxylation sites is 1. The Bertz CT molecular complexity index is 1050. The van der Waals surface area contributed by atoms with Crippen LogP contribution < -0.4 is 21.3 Å². The van der Waals surface area contributed by atoms with Gasteiger partial charge in [0.05, 0.1) is 36.8 Å². The van der Waals surface area contributed by atoms with E-state index in [1.165, 1.54) is 17.5 Å². The topological polar surface area (TPSA) is 108 Å². The summed E-state index contributed by atoms with van der Waals surface area (Å²) in [4.78, 5) is 25.3. The van der Waals surface area contributed by atoms with Crippen LogP contribution in [0.3, 0.4) is 0 Å². The number of aryl methyl sites for hydroxylation is 1. The molecule has 0 bridgehead atoms. The zero-order valence-electron chi connectivity index (χ0n) is 19.2. The molecule has 2 aliphatic heterocycles. The number of nitrogens with one attached hydrogen (secondary N) is 2. The van der Waals surface area contributed by atoms with Gasteiger partial charge in [0.15, 0.2) is 0 Å². The van der Waals surface area contributed by atoms with E-state index in [2.05, 4.69) is 20.5 Å². The molecule has 4 rings (SSSR count). The van der Waals surface area contributed by atoms with Gasteiger partial charge in [0.1, 0.15) is 10.7 Å². The Morgan fingerprint density at radius 3 is 2.94 bits per heavy atom. The number of ether oxygens (including phenoxy) is 1. The molecule has 1 aromatic heterocycles. The van der Waals surface area contributed by atoms with Gasteiger partial charge in [-0.25, -0.2) is 9.98 Å². The van der Waals surface area contributed by atoms with Crippen molar-refractivity contribution in [1.29, 1.82) is 0 Å². The molecule has 0 aliphatic carbocycles. The SMILES string of the molecule is Cc1cccc(Cl)c1N1CNC(CNCCCN2CCOCC2)=CC1=Nc1ncc(C(N)=O)s1. The lowest BCUT2D eigenvalue weighted by molar-refractivity contribution is 0.0375. The summed E-state index contributed by atoms with van der Waals surface area (Å²) < 4.78 is 5.40. The lowest BCUT2D eigenvalue weighted by atomic mass is 10.1. The second kappa shape index (κ2) is 11.8. The highest BCUT2D eigenvalue weighted by Gasteiger charge is 2.22. The number of carbonyl (C=O) groups excluding carboxylic acids is 1. The first-order valence-electron chi connectivity index (χ1n) is 11.3. The molecule has 0 radical (unpaired) electrons. The van der Waals surface area contributed by atoms with Crippen LogP contribution in [0.4, 0.5) is 10.8 Å². The molecule has 1 fully saturated rings. The molecule has 0 spiro atoms. The van der Waals surface area contributed by atoms with Gasteiger partial charge in [0, 0.05) is 31.4 Å². The normalized spacial score (nSPS) is 18.1. The number of hydrogen-bond donors (Lipinski definition) is 3. The summed E-state index contributed by atoms with van der Waals surface area (Å²) >= 11 is 7.72. The number of anilines is 1. The third-order valence-corrected chi connectivity index (χ3v) is 6.91. The van der Waals surface area contributed by atoms with E-state index in [9.17, 15) is 4.79 Å². The molecule has 2 aliphatic rings. The number of nitrogens with two attached hydrogens (primary N) is 1. The van der Waals surface area contributed by atoms with Crippen LogP contribution in [-0.4, -0.2) is 74.2 Å². The highest BCUT2D eigenvalue weighted by Crippen LogP contribution is 2.32. The van der Waals surface area contributed by atoms with E-state index in [1.54, 1.807) is 0 Å². The second-order valence-corrected chi connectivity index (χ2v) is 9.58. The van der Waals surface area contributed by atoms with Crippen LogP contribution in [0.2, 0.25) is 5.02 Å². The first kappa shape index (κ1) is 24.6. The minimum Gasteiger partial charge on any atom is -0.379 e. The van der Waals surface area contributed by atoms with Gasteiger partial charge in [-0.05, 0) is 38.1 Å². The van der Waals surface area contributed by atoms with Crippen molar-refractivity contribution in [1.82, 2.24) is 20.5 Å². The molecule has 11 heteroatoms. The minimum atomic E-state index is -0.509. The number of carbonyl (C=O) groups is 1. The molecular formula is C23H30ClN7O2S. The largest absolute Gasteiger partial charge is 0.379 e. The highest BCUT2D eigenvalue weighted by molar-refractivity contribution is 7.17. The number of morpholine rings is 1. The van der Waals surface area contributed by atoms with E-state index in [0.29, 0.717) is 34.1 Å². The summed E-state index contributed by atoms with van der Waals surface area (Å²) in [7, 11) is 0. The zero-order valence-corrected chi connectivity index (χ0v) is 20.8. The average molecular weight is 504 g/mol. The Kier molecular flexibility index (Phi) is 8.52. The van der Waals surface area contributed by atoms with Crippen LogP contribution in [0.1, 0.15) is 21.7 Å². The van der Waals surface area contributed by atoms with Gasteiger partial charge in [-0.3, -0.25) is 9.69 Å². The lowest BCUT2D eigenvalue weighted by Crippen LogP contribution is -2.45. The molecular weight excluding hydrogens is 474 g/mol. The van der Waals surface area contributed by atoms with Crippen molar-refractivity contribution in [2.45, 2.75) is 13.3 Å². The molecule has 9 nitrogen and oxygen atoms in total. The number of nitrogens with zero attached hydrogens (tertiary/aromatic N) is 4. The molecule has 1 aromatic carbocycles. The summed E-state index contributed by atoms with van der Waals surface area (Å²) in [5.41, 5.74) is 8.33. The fourth-order valence-corrected chi connectivity index (χ4v) is 4.89. The van der Waals surface area contributed by atoms with Crippen LogP contribution in [0.5, 0.6) is 0 Å². The standard InChI is InChI=1S/C23H30ClN7O2S/c1-16-4-2-5-18(24)21(16)31-15-28-17(13-26-6-3-7-30-8-10-33-11-9-30)12-20(31)29-23-27-14-19(34-23)22(25)32/h2,4-5,12,14,26,28H,3,6-11,13,15H2,1H3,(H2,25,32). The number of hydrogen-bond acceptors (Lipinski definition) is 8. The van der Waals surface area contributed by atoms with Crippen LogP contribution in [0, 0.1) is 6.92 Å². The van der Waals surface area contributed by atoms with Crippen LogP contribution in [0.25, 0.3) is 0 Å². The van der Waals surface area contributed by atoms with Crippen molar-refractivity contribution in [3.8, 4) is 0 Å². The Labute approximate surface area is 208 Å². The predicted octanol–water partition coefficient (Wildman–Crippen LogP) is 2.50. The van der Waals surface area contributed by atoms with Crippen LogP contribution in [0.15, 0.2) is 41.2 Å². The van der Waals surface area contributed by atoms with Gasteiger partial charge in [0.2, 0.25) is 5.13 Å². The molecule has 0 atom stereocenters. The number of rotatable bonds is 9. The van der Waals surface area contributed by atoms with Gasteiger partial charge in [0.25, 0.3) is 5.91 Å². The summed E-state index contributed by atoms with van der Waals surface area (Å²) in [5, 5.41) is 8.09. The summed E-state index contributed by atoms with van der Waals surface area (Å²) in [6.45, 7) is 8.90. The van der Waals surface area contributed by atoms with Crippen molar-refractivity contribution in [2.24, 2.45) is 10.7 Å². The Balaban J connectivity index is 1.46. The number of aromatic nitrogens is 1. The molecule has 182 valence electrons. The first-order valence-corrected chi connectivity index (χ1v) is 12.5. The lowest BCUT2D eigenvalue weighted by Gasteiger charge is -2.32. The fourth-order valence-electron chi connectivity index (χ4n) is 3.92. The van der Waals surface area contributed by atoms with Crippen molar-refractivity contribution in [3.05, 3.63) is 51.6 Å². The van der Waals surface area contributed by atoms with Crippen molar-refractivity contribution in [3.63, 3.8) is 0 Å². The zero-order chi connectivity index (χ0) is 23.9. The van der Waals surface area contributed by atoms with Crippen LogP contribution >= 0.6 is 22.9 Å². The van der Waals surface area contributed by atoms with Gasteiger partial charge in [-0.2, -0.15) is 0 Å². The fraction of sp³-hybridized carbons (Fsp3) is 0.435. The van der Waals surface area contributed by atoms with Gasteiger partial charge in [-0.1, -0.05) is 35.1 Å². The highest BCUT2D eigenvalue weighted by atomic mass is 35.5. The van der Waals surface area contributed by atoms with E-state index < -0.39 is 5.91 Å². The third kappa shape index (κ3) is 6.34. The quantitative estimate of drug-likeness (QED) is 0.451. The Morgan fingerprint density at radius 1 is 1.38 bits per heavy atom.